The molecule has 0 spiro atoms. The minimum atomic E-state index is -1.00. The standard InChI is InChI=1S/C12H13N3O4S2/c1-6(2)14-11(10(15(18)19)7(3)13-14)21-8-4-9(12(16)17)20-5-8/h4-6H,1-3H3,(H,16,17). The predicted molar refractivity (Wildman–Crippen MR) is 79.4 cm³/mol. The predicted octanol–water partition coefficient (Wildman–Crippen LogP) is 3.59. The van der Waals surface area contributed by atoms with Crippen molar-refractivity contribution >= 4 is 34.8 Å². The lowest BCUT2D eigenvalue weighted by Gasteiger charge is -2.08. The van der Waals surface area contributed by atoms with Crippen LogP contribution in [-0.2, 0) is 0 Å². The zero-order valence-corrected chi connectivity index (χ0v) is 13.2. The summed E-state index contributed by atoms with van der Waals surface area (Å²) in [7, 11) is 0. The normalized spacial score (nSPS) is 11.0. The van der Waals surface area contributed by atoms with Crippen molar-refractivity contribution in [2.24, 2.45) is 0 Å². The number of rotatable bonds is 5. The van der Waals surface area contributed by atoms with Gasteiger partial charge in [0, 0.05) is 16.3 Å². The van der Waals surface area contributed by atoms with Gasteiger partial charge in [-0.3, -0.25) is 10.1 Å². The van der Waals surface area contributed by atoms with E-state index >= 15 is 0 Å². The van der Waals surface area contributed by atoms with Gasteiger partial charge in [0.05, 0.1) is 4.92 Å². The Morgan fingerprint density at radius 3 is 2.71 bits per heavy atom. The third-order valence-electron chi connectivity index (χ3n) is 2.68. The van der Waals surface area contributed by atoms with E-state index in [-0.39, 0.29) is 16.6 Å². The van der Waals surface area contributed by atoms with Gasteiger partial charge in [-0.1, -0.05) is 11.8 Å². The lowest BCUT2D eigenvalue weighted by atomic mass is 10.4. The average Bonchev–Trinajstić information content (AvgIpc) is 2.94. The van der Waals surface area contributed by atoms with E-state index in [1.165, 1.54) is 6.07 Å². The van der Waals surface area contributed by atoms with Crippen LogP contribution >= 0.6 is 23.1 Å². The molecule has 0 aliphatic carbocycles. The molecule has 7 nitrogen and oxygen atoms in total. The number of carboxylic acids is 1. The van der Waals surface area contributed by atoms with Gasteiger partial charge in [-0.15, -0.1) is 11.3 Å². The van der Waals surface area contributed by atoms with Crippen molar-refractivity contribution in [2.75, 3.05) is 0 Å². The third-order valence-corrected chi connectivity index (χ3v) is 4.80. The number of nitro groups is 1. The van der Waals surface area contributed by atoms with E-state index in [1.807, 2.05) is 13.8 Å². The maximum absolute atomic E-state index is 11.2. The van der Waals surface area contributed by atoms with Crippen molar-refractivity contribution in [3.63, 3.8) is 0 Å². The zero-order chi connectivity index (χ0) is 15.7. The van der Waals surface area contributed by atoms with E-state index in [1.54, 1.807) is 17.0 Å². The maximum atomic E-state index is 11.2. The number of aromatic nitrogens is 2. The van der Waals surface area contributed by atoms with Crippen molar-refractivity contribution in [2.45, 2.75) is 36.7 Å². The van der Waals surface area contributed by atoms with Crippen molar-refractivity contribution in [1.82, 2.24) is 9.78 Å². The van der Waals surface area contributed by atoms with Crippen LogP contribution in [0.5, 0.6) is 0 Å². The molecule has 1 N–H and O–H groups in total. The number of nitrogens with zero attached hydrogens (tertiary/aromatic N) is 3. The number of aryl methyl sites for hydroxylation is 1. The molecule has 9 heteroatoms. The van der Waals surface area contributed by atoms with Gasteiger partial charge < -0.3 is 5.11 Å². The molecule has 0 saturated heterocycles. The Kier molecular flexibility index (Phi) is 4.33. The van der Waals surface area contributed by atoms with Gasteiger partial charge in [0.25, 0.3) is 0 Å². The average molecular weight is 327 g/mol. The summed E-state index contributed by atoms with van der Waals surface area (Å²) in [5.74, 6) is -1.00. The summed E-state index contributed by atoms with van der Waals surface area (Å²) < 4.78 is 1.59. The van der Waals surface area contributed by atoms with E-state index in [0.29, 0.717) is 15.6 Å². The number of carboxylic acid groups (broad SMARTS) is 1. The molecule has 0 aromatic carbocycles. The van der Waals surface area contributed by atoms with Crippen LogP contribution in [0.3, 0.4) is 0 Å². The largest absolute Gasteiger partial charge is 0.477 e. The van der Waals surface area contributed by atoms with Gasteiger partial charge in [-0.05, 0) is 26.8 Å². The van der Waals surface area contributed by atoms with Crippen LogP contribution < -0.4 is 0 Å². The van der Waals surface area contributed by atoms with Crippen molar-refractivity contribution in [3.05, 3.63) is 32.1 Å². The van der Waals surface area contributed by atoms with Crippen LogP contribution in [-0.4, -0.2) is 25.8 Å². The van der Waals surface area contributed by atoms with Crippen LogP contribution in [0.1, 0.15) is 35.3 Å². The fourth-order valence-corrected chi connectivity index (χ4v) is 3.85. The molecule has 112 valence electrons. The van der Waals surface area contributed by atoms with Crippen molar-refractivity contribution < 1.29 is 14.8 Å². The molecule has 0 aliphatic heterocycles. The lowest BCUT2D eigenvalue weighted by molar-refractivity contribution is -0.388. The van der Waals surface area contributed by atoms with Gasteiger partial charge in [0.1, 0.15) is 10.6 Å². The van der Waals surface area contributed by atoms with Gasteiger partial charge in [0.2, 0.25) is 0 Å². The van der Waals surface area contributed by atoms with E-state index in [4.69, 9.17) is 5.11 Å². The Labute approximate surface area is 128 Å². The quantitative estimate of drug-likeness (QED) is 0.665. The first-order valence-corrected chi connectivity index (χ1v) is 7.74. The number of hydrogen-bond acceptors (Lipinski definition) is 6. The number of aromatic carboxylic acids is 1. The third kappa shape index (κ3) is 3.08. The Morgan fingerprint density at radius 1 is 1.57 bits per heavy atom. The number of thiophene rings is 1. The summed E-state index contributed by atoms with van der Waals surface area (Å²) in [6, 6.07) is 1.48. The monoisotopic (exact) mass is 327 g/mol. The molecule has 0 amide bonds. The number of hydrogen-bond donors (Lipinski definition) is 1. The van der Waals surface area contributed by atoms with E-state index in [0.717, 1.165) is 23.1 Å². The molecule has 2 rings (SSSR count). The van der Waals surface area contributed by atoms with Crippen LogP contribution in [0.15, 0.2) is 21.4 Å². The first kappa shape index (κ1) is 15.5. The van der Waals surface area contributed by atoms with Gasteiger partial charge in [-0.2, -0.15) is 5.10 Å². The van der Waals surface area contributed by atoms with Crippen LogP contribution in [0.2, 0.25) is 0 Å². The molecule has 0 aliphatic rings. The molecule has 0 atom stereocenters. The Bertz CT molecular complexity index is 705. The van der Waals surface area contributed by atoms with Gasteiger partial charge in [0.15, 0.2) is 5.03 Å². The molecule has 0 unspecified atom stereocenters. The fourth-order valence-electron chi connectivity index (χ4n) is 1.77. The molecule has 0 saturated carbocycles. The Morgan fingerprint density at radius 2 is 2.24 bits per heavy atom. The molecule has 0 radical (unpaired) electrons. The highest BCUT2D eigenvalue weighted by atomic mass is 32.2. The Balaban J connectivity index is 2.46. The molecule has 0 fully saturated rings. The van der Waals surface area contributed by atoms with Crippen molar-refractivity contribution in [1.29, 1.82) is 0 Å². The van der Waals surface area contributed by atoms with E-state index in [9.17, 15) is 14.9 Å². The highest BCUT2D eigenvalue weighted by Gasteiger charge is 2.27. The summed E-state index contributed by atoms with van der Waals surface area (Å²) in [6.07, 6.45) is 0. The molecular formula is C12H13N3O4S2. The summed E-state index contributed by atoms with van der Waals surface area (Å²) in [5.41, 5.74) is 0.321. The van der Waals surface area contributed by atoms with Crippen LogP contribution in [0.4, 0.5) is 5.69 Å². The van der Waals surface area contributed by atoms with Crippen LogP contribution in [0, 0.1) is 17.0 Å². The molecule has 2 aromatic rings. The molecule has 2 heterocycles. The second kappa shape index (κ2) is 5.86. The summed E-state index contributed by atoms with van der Waals surface area (Å²) in [6.45, 7) is 5.37. The molecule has 0 bridgehead atoms. The minimum Gasteiger partial charge on any atom is -0.477 e. The SMILES string of the molecule is Cc1nn(C(C)C)c(Sc2csc(C(=O)O)c2)c1[N+](=O)[O-]. The molecular weight excluding hydrogens is 314 g/mol. The first-order valence-electron chi connectivity index (χ1n) is 6.04. The first-order chi connectivity index (χ1) is 9.81. The van der Waals surface area contributed by atoms with Gasteiger partial charge >= 0.3 is 11.7 Å². The second-order valence-corrected chi connectivity index (χ2v) is 6.56. The molecule has 21 heavy (non-hydrogen) atoms. The summed E-state index contributed by atoms with van der Waals surface area (Å²) >= 11 is 2.25. The number of carbonyl (C=O) groups is 1. The highest BCUT2D eigenvalue weighted by Crippen LogP contribution is 2.39. The lowest BCUT2D eigenvalue weighted by Crippen LogP contribution is -2.04. The van der Waals surface area contributed by atoms with Crippen LogP contribution in [0.25, 0.3) is 0 Å². The van der Waals surface area contributed by atoms with Crippen molar-refractivity contribution in [3.8, 4) is 0 Å². The summed E-state index contributed by atoms with van der Waals surface area (Å²) in [4.78, 5) is 22.5. The minimum absolute atomic E-state index is 0.0301. The summed E-state index contributed by atoms with van der Waals surface area (Å²) in [5, 5.41) is 26.5. The van der Waals surface area contributed by atoms with Gasteiger partial charge in [-0.25, -0.2) is 9.48 Å². The smallest absolute Gasteiger partial charge is 0.345 e. The second-order valence-electron chi connectivity index (χ2n) is 4.59. The highest BCUT2D eigenvalue weighted by molar-refractivity contribution is 7.99. The molecule has 2 aromatic heterocycles. The Hall–Kier alpha value is -1.87. The fraction of sp³-hybridized carbons (Fsp3) is 0.333. The van der Waals surface area contributed by atoms with E-state index in [2.05, 4.69) is 5.10 Å². The topological polar surface area (TPSA) is 98.3 Å². The van der Waals surface area contributed by atoms with E-state index < -0.39 is 10.9 Å². The maximum Gasteiger partial charge on any atom is 0.345 e. The zero-order valence-electron chi connectivity index (χ0n) is 11.6.